The van der Waals surface area contributed by atoms with Gasteiger partial charge in [-0.05, 0) is 0 Å². The second kappa shape index (κ2) is 3.64. The van der Waals surface area contributed by atoms with Crippen LogP contribution >= 0.6 is 0 Å². The first kappa shape index (κ1) is 9.41. The van der Waals surface area contributed by atoms with E-state index in [4.69, 9.17) is 4.74 Å². The van der Waals surface area contributed by atoms with E-state index in [0.29, 0.717) is 18.9 Å². The predicted octanol–water partition coefficient (Wildman–Crippen LogP) is 0.271. The molecule has 6 heteroatoms. The summed E-state index contributed by atoms with van der Waals surface area (Å²) in [7, 11) is 0. The minimum atomic E-state index is 0.0162. The van der Waals surface area contributed by atoms with Crippen LogP contribution in [-0.4, -0.2) is 45.8 Å². The van der Waals surface area contributed by atoms with Crippen molar-refractivity contribution >= 4 is 11.5 Å². The maximum Gasteiger partial charge on any atom is 0.230 e. The molecule has 0 unspecified atom stereocenters. The number of aromatic nitrogens is 3. The molecule has 0 amide bonds. The summed E-state index contributed by atoms with van der Waals surface area (Å²) in [5, 5.41) is 9.38. The molecule has 84 valence electrons. The highest BCUT2D eigenvalue weighted by molar-refractivity contribution is 5.65. The van der Waals surface area contributed by atoms with E-state index in [0.717, 1.165) is 18.9 Å². The zero-order valence-corrected chi connectivity index (χ0v) is 8.70. The van der Waals surface area contributed by atoms with E-state index >= 15 is 0 Å². The Hall–Kier alpha value is -1.82. The molecule has 2 aromatic rings. The van der Waals surface area contributed by atoms with Gasteiger partial charge in [0.05, 0.1) is 19.4 Å². The van der Waals surface area contributed by atoms with Gasteiger partial charge in [-0.25, -0.2) is 4.98 Å². The molecule has 1 aliphatic heterocycles. The van der Waals surface area contributed by atoms with Crippen molar-refractivity contribution in [2.75, 3.05) is 31.2 Å². The van der Waals surface area contributed by atoms with E-state index in [1.165, 1.54) is 0 Å². The quantitative estimate of drug-likeness (QED) is 0.747. The van der Waals surface area contributed by atoms with Gasteiger partial charge in [0, 0.05) is 25.5 Å². The van der Waals surface area contributed by atoms with Crippen molar-refractivity contribution in [1.82, 2.24) is 14.4 Å². The predicted molar refractivity (Wildman–Crippen MR) is 57.7 cm³/mol. The number of rotatable bonds is 1. The Morgan fingerprint density at radius 2 is 2.12 bits per heavy atom. The maximum atomic E-state index is 9.38. The molecule has 0 spiro atoms. The van der Waals surface area contributed by atoms with Crippen molar-refractivity contribution in [2.45, 2.75) is 0 Å². The van der Waals surface area contributed by atoms with Crippen molar-refractivity contribution in [1.29, 1.82) is 0 Å². The second-order valence-corrected chi connectivity index (χ2v) is 3.68. The van der Waals surface area contributed by atoms with Crippen molar-refractivity contribution in [3.8, 4) is 5.88 Å². The van der Waals surface area contributed by atoms with E-state index in [9.17, 15) is 5.11 Å². The average Bonchev–Trinajstić information content (AvgIpc) is 2.70. The summed E-state index contributed by atoms with van der Waals surface area (Å²) >= 11 is 0. The van der Waals surface area contributed by atoms with Gasteiger partial charge in [-0.3, -0.25) is 4.40 Å². The minimum Gasteiger partial charge on any atom is -0.492 e. The Balaban J connectivity index is 2.07. The highest BCUT2D eigenvalue weighted by Crippen LogP contribution is 2.20. The van der Waals surface area contributed by atoms with E-state index in [-0.39, 0.29) is 5.88 Å². The molecule has 1 aliphatic rings. The van der Waals surface area contributed by atoms with Crippen molar-refractivity contribution in [3.63, 3.8) is 0 Å². The van der Waals surface area contributed by atoms with Gasteiger partial charge in [0.25, 0.3) is 0 Å². The normalized spacial score (nSPS) is 16.9. The van der Waals surface area contributed by atoms with Gasteiger partial charge in [0.2, 0.25) is 5.88 Å². The molecule has 0 aliphatic carbocycles. The lowest BCUT2D eigenvalue weighted by Gasteiger charge is -2.27. The first-order valence-corrected chi connectivity index (χ1v) is 5.20. The van der Waals surface area contributed by atoms with Crippen molar-refractivity contribution < 1.29 is 9.84 Å². The lowest BCUT2D eigenvalue weighted by atomic mass is 10.4. The van der Waals surface area contributed by atoms with Gasteiger partial charge in [0.15, 0.2) is 11.5 Å². The molecule has 6 nitrogen and oxygen atoms in total. The number of aromatic hydroxyl groups is 1. The standard InChI is InChI=1S/C10H12N4O2/c15-8-7-14-2-1-11-9(10(14)12-8)13-3-5-16-6-4-13/h1-2,7,15H,3-6H2. The third-order valence-electron chi connectivity index (χ3n) is 2.65. The molecule has 0 radical (unpaired) electrons. The molecular weight excluding hydrogens is 208 g/mol. The number of nitrogens with zero attached hydrogens (tertiary/aromatic N) is 4. The van der Waals surface area contributed by atoms with Crippen LogP contribution in [0.4, 0.5) is 5.82 Å². The van der Waals surface area contributed by atoms with Crippen LogP contribution in [0.2, 0.25) is 0 Å². The second-order valence-electron chi connectivity index (χ2n) is 3.68. The highest BCUT2D eigenvalue weighted by Gasteiger charge is 2.16. The van der Waals surface area contributed by atoms with Crippen LogP contribution in [0.1, 0.15) is 0 Å². The number of morpholine rings is 1. The zero-order chi connectivity index (χ0) is 11.0. The Bertz CT molecular complexity index is 504. The zero-order valence-electron chi connectivity index (χ0n) is 8.70. The number of anilines is 1. The van der Waals surface area contributed by atoms with E-state index in [1.54, 1.807) is 23.0 Å². The largest absolute Gasteiger partial charge is 0.492 e. The highest BCUT2D eigenvalue weighted by atomic mass is 16.5. The number of hydrogen-bond acceptors (Lipinski definition) is 5. The van der Waals surface area contributed by atoms with Crippen LogP contribution in [0.25, 0.3) is 5.65 Å². The average molecular weight is 220 g/mol. The van der Waals surface area contributed by atoms with Gasteiger partial charge in [-0.1, -0.05) is 0 Å². The van der Waals surface area contributed by atoms with Gasteiger partial charge in [-0.2, -0.15) is 4.98 Å². The summed E-state index contributed by atoms with van der Waals surface area (Å²) in [5.41, 5.74) is 0.682. The first-order chi connectivity index (χ1) is 7.84. The number of fused-ring (bicyclic) bond motifs is 1. The molecule has 16 heavy (non-hydrogen) atoms. The molecule has 0 bridgehead atoms. The summed E-state index contributed by atoms with van der Waals surface area (Å²) in [5.74, 6) is 0.814. The van der Waals surface area contributed by atoms with Crippen LogP contribution < -0.4 is 4.90 Å². The van der Waals surface area contributed by atoms with Crippen LogP contribution in [0.3, 0.4) is 0 Å². The molecule has 0 aromatic carbocycles. The topological polar surface area (TPSA) is 62.9 Å². The van der Waals surface area contributed by atoms with Crippen LogP contribution in [0, 0.1) is 0 Å². The Morgan fingerprint density at radius 1 is 1.31 bits per heavy atom. The van der Waals surface area contributed by atoms with Crippen molar-refractivity contribution in [3.05, 3.63) is 18.6 Å². The smallest absolute Gasteiger partial charge is 0.230 e. The SMILES string of the molecule is Oc1cn2ccnc(N3CCOCC3)c2n1. The molecule has 1 saturated heterocycles. The molecule has 3 heterocycles. The fourth-order valence-corrected chi connectivity index (χ4v) is 1.89. The van der Waals surface area contributed by atoms with E-state index < -0.39 is 0 Å². The third kappa shape index (κ3) is 1.47. The van der Waals surface area contributed by atoms with Crippen LogP contribution in [-0.2, 0) is 4.74 Å². The number of hydrogen-bond donors (Lipinski definition) is 1. The molecule has 1 fully saturated rings. The summed E-state index contributed by atoms with van der Waals surface area (Å²) in [6, 6.07) is 0. The minimum absolute atomic E-state index is 0.0162. The molecule has 3 rings (SSSR count). The van der Waals surface area contributed by atoms with E-state index in [2.05, 4.69) is 14.9 Å². The molecule has 0 atom stereocenters. The van der Waals surface area contributed by atoms with E-state index in [1.807, 2.05) is 0 Å². The Kier molecular flexibility index (Phi) is 2.14. The lowest BCUT2D eigenvalue weighted by molar-refractivity contribution is 0.122. The third-order valence-corrected chi connectivity index (χ3v) is 2.65. The fraction of sp³-hybridized carbons (Fsp3) is 0.400. The van der Waals surface area contributed by atoms with Crippen LogP contribution in [0.5, 0.6) is 5.88 Å². The number of ether oxygens (including phenoxy) is 1. The molecule has 0 saturated carbocycles. The van der Waals surface area contributed by atoms with Crippen LogP contribution in [0.15, 0.2) is 18.6 Å². The molecular formula is C10H12N4O2. The Labute approximate surface area is 92.1 Å². The van der Waals surface area contributed by atoms with Gasteiger partial charge in [-0.15, -0.1) is 0 Å². The Morgan fingerprint density at radius 3 is 2.94 bits per heavy atom. The number of imidazole rings is 1. The summed E-state index contributed by atoms with van der Waals surface area (Å²) in [6.07, 6.45) is 5.05. The lowest BCUT2D eigenvalue weighted by Crippen LogP contribution is -2.37. The monoisotopic (exact) mass is 220 g/mol. The van der Waals surface area contributed by atoms with Gasteiger partial charge < -0.3 is 14.7 Å². The summed E-state index contributed by atoms with van der Waals surface area (Å²) in [4.78, 5) is 10.5. The molecule has 2 aromatic heterocycles. The summed E-state index contributed by atoms with van der Waals surface area (Å²) < 4.78 is 7.06. The summed E-state index contributed by atoms with van der Waals surface area (Å²) in [6.45, 7) is 3.02. The fourth-order valence-electron chi connectivity index (χ4n) is 1.89. The van der Waals surface area contributed by atoms with Crippen molar-refractivity contribution in [2.24, 2.45) is 0 Å². The first-order valence-electron chi connectivity index (χ1n) is 5.20. The van der Waals surface area contributed by atoms with Gasteiger partial charge >= 0.3 is 0 Å². The maximum absolute atomic E-state index is 9.38. The van der Waals surface area contributed by atoms with Gasteiger partial charge in [0.1, 0.15) is 0 Å². The molecule has 1 N–H and O–H groups in total.